The minimum atomic E-state index is -0.157. The van der Waals surface area contributed by atoms with Gasteiger partial charge in [-0.05, 0) is 55.2 Å². The number of rotatable bonds is 3. The number of hydrogen-bond donors (Lipinski definition) is 3. The predicted molar refractivity (Wildman–Crippen MR) is 84.6 cm³/mol. The van der Waals surface area contributed by atoms with Crippen LogP contribution >= 0.6 is 0 Å². The number of aryl methyl sites for hydroxylation is 1. The molecule has 2 aliphatic rings. The Kier molecular flexibility index (Phi) is 4.23. The molecule has 3 rings (SSSR count). The summed E-state index contributed by atoms with van der Waals surface area (Å²) in [6, 6.07) is 4.05. The first-order valence-electron chi connectivity index (χ1n) is 8.31. The van der Waals surface area contributed by atoms with Crippen molar-refractivity contribution in [2.24, 2.45) is 5.92 Å². The van der Waals surface area contributed by atoms with Gasteiger partial charge >= 0.3 is 0 Å². The Bertz CT molecular complexity index is 514. The maximum absolute atomic E-state index is 10.2. The van der Waals surface area contributed by atoms with Crippen molar-refractivity contribution in [2.75, 3.05) is 6.54 Å². The highest BCUT2D eigenvalue weighted by atomic mass is 16.3. The molecule has 4 atom stereocenters. The zero-order valence-electron chi connectivity index (χ0n) is 13.1. The minimum Gasteiger partial charge on any atom is -0.508 e. The quantitative estimate of drug-likeness (QED) is 0.799. The number of aliphatic hydroxyl groups is 1. The van der Waals surface area contributed by atoms with Crippen molar-refractivity contribution >= 4 is 0 Å². The van der Waals surface area contributed by atoms with E-state index in [4.69, 9.17) is 0 Å². The van der Waals surface area contributed by atoms with Gasteiger partial charge in [-0.15, -0.1) is 0 Å². The average Bonchev–Trinajstić information content (AvgIpc) is 2.80. The van der Waals surface area contributed by atoms with Gasteiger partial charge in [0.25, 0.3) is 0 Å². The molecule has 1 saturated carbocycles. The summed E-state index contributed by atoms with van der Waals surface area (Å²) in [5.41, 5.74) is 3.68. The Hall–Kier alpha value is -1.06. The summed E-state index contributed by atoms with van der Waals surface area (Å²) < 4.78 is 0. The molecule has 21 heavy (non-hydrogen) atoms. The summed E-state index contributed by atoms with van der Waals surface area (Å²) in [6.07, 6.45) is 5.32. The summed E-state index contributed by atoms with van der Waals surface area (Å²) in [5, 5.41) is 24.0. The normalized spacial score (nSPS) is 32.1. The van der Waals surface area contributed by atoms with Gasteiger partial charge < -0.3 is 15.5 Å². The van der Waals surface area contributed by atoms with Crippen LogP contribution in [0.3, 0.4) is 0 Å². The fourth-order valence-electron chi connectivity index (χ4n) is 4.25. The van der Waals surface area contributed by atoms with Crippen LogP contribution in [0.2, 0.25) is 0 Å². The van der Waals surface area contributed by atoms with Crippen molar-refractivity contribution < 1.29 is 10.2 Å². The third-order valence-corrected chi connectivity index (χ3v) is 5.41. The molecule has 4 unspecified atom stereocenters. The fraction of sp³-hybridized carbons (Fsp3) is 0.667. The molecule has 0 saturated heterocycles. The first kappa shape index (κ1) is 14.9. The topological polar surface area (TPSA) is 52.5 Å². The van der Waals surface area contributed by atoms with Crippen molar-refractivity contribution in [2.45, 2.75) is 64.0 Å². The molecule has 0 aliphatic heterocycles. The third-order valence-electron chi connectivity index (χ3n) is 5.41. The molecule has 3 heteroatoms. The van der Waals surface area contributed by atoms with E-state index in [1.54, 1.807) is 0 Å². The first-order valence-corrected chi connectivity index (χ1v) is 8.31. The molecule has 1 aromatic rings. The molecule has 0 amide bonds. The standard InChI is InChI=1S/C18H27NO2/c1-11-7-8-16(21)18-14(9-12(2)17(11)18)19-10-13-5-3-4-6-15(13)20/h7-8,12-15,19-21H,3-6,9-10H2,1-2H3. The molecular weight excluding hydrogens is 262 g/mol. The third kappa shape index (κ3) is 2.82. The van der Waals surface area contributed by atoms with Crippen molar-refractivity contribution in [1.82, 2.24) is 5.32 Å². The van der Waals surface area contributed by atoms with Gasteiger partial charge in [0.2, 0.25) is 0 Å². The van der Waals surface area contributed by atoms with Gasteiger partial charge in [0.05, 0.1) is 6.10 Å². The van der Waals surface area contributed by atoms with Crippen LogP contribution in [0.4, 0.5) is 0 Å². The average molecular weight is 289 g/mol. The van der Waals surface area contributed by atoms with Crippen molar-refractivity contribution in [1.29, 1.82) is 0 Å². The van der Waals surface area contributed by atoms with Gasteiger partial charge in [0.1, 0.15) is 5.75 Å². The number of aliphatic hydroxyl groups excluding tert-OH is 1. The molecule has 0 bridgehead atoms. The number of aromatic hydroxyl groups is 1. The van der Waals surface area contributed by atoms with Crippen LogP contribution in [-0.2, 0) is 0 Å². The Morgan fingerprint density at radius 2 is 1.95 bits per heavy atom. The van der Waals surface area contributed by atoms with Gasteiger partial charge in [-0.1, -0.05) is 25.8 Å². The Morgan fingerprint density at radius 3 is 2.71 bits per heavy atom. The highest BCUT2D eigenvalue weighted by Gasteiger charge is 2.33. The molecule has 1 aromatic carbocycles. The van der Waals surface area contributed by atoms with Gasteiger partial charge in [-0.2, -0.15) is 0 Å². The molecular formula is C18H27NO2. The lowest BCUT2D eigenvalue weighted by Gasteiger charge is -2.29. The van der Waals surface area contributed by atoms with Crippen LogP contribution in [-0.4, -0.2) is 22.9 Å². The highest BCUT2D eigenvalue weighted by molar-refractivity contribution is 5.50. The molecule has 2 aliphatic carbocycles. The van der Waals surface area contributed by atoms with Gasteiger partial charge in [-0.3, -0.25) is 0 Å². The fourth-order valence-corrected chi connectivity index (χ4v) is 4.25. The van der Waals surface area contributed by atoms with E-state index in [1.165, 1.54) is 17.5 Å². The van der Waals surface area contributed by atoms with E-state index < -0.39 is 0 Å². The number of phenolic OH excluding ortho intramolecular Hbond substituents is 1. The van der Waals surface area contributed by atoms with Crippen LogP contribution in [0, 0.1) is 12.8 Å². The molecule has 3 N–H and O–H groups in total. The lowest BCUT2D eigenvalue weighted by Crippen LogP contribution is -2.35. The second kappa shape index (κ2) is 5.98. The van der Waals surface area contributed by atoms with Gasteiger partial charge in [-0.25, -0.2) is 0 Å². The number of nitrogens with one attached hydrogen (secondary N) is 1. The molecule has 0 spiro atoms. The number of fused-ring (bicyclic) bond motifs is 1. The van der Waals surface area contributed by atoms with Crippen LogP contribution in [0.15, 0.2) is 12.1 Å². The largest absolute Gasteiger partial charge is 0.508 e. The minimum absolute atomic E-state index is 0.157. The molecule has 116 valence electrons. The molecule has 1 fully saturated rings. The van der Waals surface area contributed by atoms with E-state index >= 15 is 0 Å². The van der Waals surface area contributed by atoms with Crippen LogP contribution in [0.1, 0.15) is 67.7 Å². The Labute approximate surface area is 127 Å². The zero-order chi connectivity index (χ0) is 15.0. The maximum Gasteiger partial charge on any atom is 0.120 e. The number of hydrogen-bond acceptors (Lipinski definition) is 3. The Morgan fingerprint density at radius 1 is 1.19 bits per heavy atom. The van der Waals surface area contributed by atoms with Crippen LogP contribution in [0.5, 0.6) is 5.75 Å². The van der Waals surface area contributed by atoms with E-state index in [0.29, 0.717) is 17.6 Å². The predicted octanol–water partition coefficient (Wildman–Crippen LogP) is 3.39. The zero-order valence-corrected chi connectivity index (χ0v) is 13.1. The SMILES string of the molecule is Cc1ccc(O)c2c1C(C)CC2NCC1CCCCC1O. The van der Waals surface area contributed by atoms with Crippen molar-refractivity contribution in [3.63, 3.8) is 0 Å². The number of phenols is 1. The van der Waals surface area contributed by atoms with Crippen molar-refractivity contribution in [3.8, 4) is 5.75 Å². The maximum atomic E-state index is 10.2. The molecule has 0 radical (unpaired) electrons. The Balaban J connectivity index is 1.73. The lowest BCUT2D eigenvalue weighted by molar-refractivity contribution is 0.0680. The van der Waals surface area contributed by atoms with E-state index in [2.05, 4.69) is 19.2 Å². The van der Waals surface area contributed by atoms with E-state index in [1.807, 2.05) is 12.1 Å². The molecule has 0 heterocycles. The van der Waals surface area contributed by atoms with Gasteiger partial charge in [0, 0.05) is 18.2 Å². The summed E-state index contributed by atoms with van der Waals surface area (Å²) >= 11 is 0. The van der Waals surface area contributed by atoms with Gasteiger partial charge in [0.15, 0.2) is 0 Å². The number of benzene rings is 1. The lowest BCUT2D eigenvalue weighted by atomic mass is 9.86. The summed E-state index contributed by atoms with van der Waals surface area (Å²) in [5.74, 6) is 1.27. The van der Waals surface area contributed by atoms with E-state index in [9.17, 15) is 10.2 Å². The monoisotopic (exact) mass is 289 g/mol. The summed E-state index contributed by atoms with van der Waals surface area (Å²) in [4.78, 5) is 0. The van der Waals surface area contributed by atoms with E-state index in [-0.39, 0.29) is 12.1 Å². The summed E-state index contributed by atoms with van der Waals surface area (Å²) in [6.45, 7) is 5.22. The van der Waals surface area contributed by atoms with Crippen molar-refractivity contribution in [3.05, 3.63) is 28.8 Å². The second-order valence-electron chi connectivity index (χ2n) is 6.94. The second-order valence-corrected chi connectivity index (χ2v) is 6.94. The summed E-state index contributed by atoms with van der Waals surface area (Å²) in [7, 11) is 0. The smallest absolute Gasteiger partial charge is 0.120 e. The van der Waals surface area contributed by atoms with Crippen LogP contribution in [0.25, 0.3) is 0 Å². The molecule has 0 aromatic heterocycles. The first-order chi connectivity index (χ1) is 10.1. The highest BCUT2D eigenvalue weighted by Crippen LogP contribution is 2.46. The van der Waals surface area contributed by atoms with E-state index in [0.717, 1.165) is 37.8 Å². The molecule has 3 nitrogen and oxygen atoms in total. The van der Waals surface area contributed by atoms with Crippen LogP contribution < -0.4 is 5.32 Å².